The number of carboxylic acids is 1. The molecule has 26 heavy (non-hydrogen) atoms. The molecule has 3 rings (SSSR count). The number of thioether (sulfide) groups is 1. The van der Waals surface area contributed by atoms with Crippen LogP contribution >= 0.6 is 35.0 Å². The lowest BCUT2D eigenvalue weighted by Gasteiger charge is -2.01. The van der Waals surface area contributed by atoms with Gasteiger partial charge in [-0.2, -0.15) is 0 Å². The Morgan fingerprint density at radius 1 is 1.23 bits per heavy atom. The molecule has 9 heteroatoms. The lowest BCUT2D eigenvalue weighted by atomic mass is 10.2. The molecule has 2 heterocycles. The number of benzene rings is 1. The third-order valence-electron chi connectivity index (χ3n) is 3.25. The second kappa shape index (κ2) is 7.99. The Kier molecular flexibility index (Phi) is 5.70. The van der Waals surface area contributed by atoms with Gasteiger partial charge in [0.05, 0.1) is 5.02 Å². The van der Waals surface area contributed by atoms with Gasteiger partial charge in [-0.25, -0.2) is 4.79 Å². The molecular formula is C17H12Cl2N2O4S. The standard InChI is InChI=1S/C17H12Cl2N2O4S/c1-2-15-20-21-17(25-15)26-14(16(22)23)8-10-4-6-13(24-10)11-7-9(18)3-5-12(11)19/h3-8H,2H2,1H3,(H,22,23)/b14-8-. The van der Waals surface area contributed by atoms with Crippen molar-refractivity contribution in [3.8, 4) is 11.3 Å². The Labute approximate surface area is 162 Å². The van der Waals surface area contributed by atoms with Crippen LogP contribution in [-0.2, 0) is 11.2 Å². The summed E-state index contributed by atoms with van der Waals surface area (Å²) in [4.78, 5) is 11.5. The fraction of sp³-hybridized carbons (Fsp3) is 0.118. The zero-order valence-corrected chi connectivity index (χ0v) is 15.7. The van der Waals surface area contributed by atoms with Gasteiger partial charge in [0.1, 0.15) is 16.4 Å². The summed E-state index contributed by atoms with van der Waals surface area (Å²) >= 11 is 13.0. The van der Waals surface area contributed by atoms with Crippen LogP contribution in [0.4, 0.5) is 0 Å². The minimum absolute atomic E-state index is 0.0191. The van der Waals surface area contributed by atoms with Gasteiger partial charge in [-0.15, -0.1) is 10.2 Å². The predicted molar refractivity (Wildman–Crippen MR) is 99.3 cm³/mol. The Hall–Kier alpha value is -2.22. The molecule has 0 fully saturated rings. The smallest absolute Gasteiger partial charge is 0.342 e. The third kappa shape index (κ3) is 4.30. The molecule has 0 aliphatic rings. The first kappa shape index (κ1) is 18.6. The quantitative estimate of drug-likeness (QED) is 0.428. The molecule has 0 radical (unpaired) electrons. The van der Waals surface area contributed by atoms with Gasteiger partial charge in [-0.05, 0) is 42.1 Å². The second-order valence-corrected chi connectivity index (χ2v) is 6.89. The molecule has 1 aromatic carbocycles. The Morgan fingerprint density at radius 3 is 2.73 bits per heavy atom. The molecule has 0 saturated heterocycles. The Morgan fingerprint density at radius 2 is 2.04 bits per heavy atom. The Bertz CT molecular complexity index is 981. The second-order valence-electron chi connectivity index (χ2n) is 5.06. The van der Waals surface area contributed by atoms with Gasteiger partial charge in [0.2, 0.25) is 5.89 Å². The molecule has 0 saturated carbocycles. The molecule has 6 nitrogen and oxygen atoms in total. The summed E-state index contributed by atoms with van der Waals surface area (Å²) in [6.45, 7) is 1.86. The number of halogens is 2. The van der Waals surface area contributed by atoms with Gasteiger partial charge in [0.25, 0.3) is 5.22 Å². The van der Waals surface area contributed by atoms with Crippen molar-refractivity contribution in [1.29, 1.82) is 0 Å². The lowest BCUT2D eigenvalue weighted by Crippen LogP contribution is -1.96. The normalized spacial score (nSPS) is 11.7. The largest absolute Gasteiger partial charge is 0.477 e. The van der Waals surface area contributed by atoms with Crippen LogP contribution in [0.25, 0.3) is 17.4 Å². The maximum atomic E-state index is 11.5. The van der Waals surface area contributed by atoms with E-state index in [1.807, 2.05) is 6.92 Å². The van der Waals surface area contributed by atoms with E-state index in [0.717, 1.165) is 11.8 Å². The highest BCUT2D eigenvalue weighted by molar-refractivity contribution is 8.03. The highest BCUT2D eigenvalue weighted by atomic mass is 35.5. The predicted octanol–water partition coefficient (Wildman–Crippen LogP) is 5.42. The van der Waals surface area contributed by atoms with Crippen molar-refractivity contribution in [2.45, 2.75) is 18.6 Å². The molecule has 0 aliphatic heterocycles. The van der Waals surface area contributed by atoms with Crippen molar-refractivity contribution in [2.24, 2.45) is 0 Å². The summed E-state index contributed by atoms with van der Waals surface area (Å²) < 4.78 is 11.0. The number of furan rings is 1. The fourth-order valence-electron chi connectivity index (χ4n) is 2.04. The number of carboxylic acid groups (broad SMARTS) is 1. The number of aliphatic carboxylic acids is 1. The van der Waals surface area contributed by atoms with E-state index in [4.69, 9.17) is 32.0 Å². The molecule has 0 amide bonds. The van der Waals surface area contributed by atoms with Gasteiger partial charge in [-0.1, -0.05) is 30.1 Å². The molecule has 3 aromatic rings. The molecule has 134 valence electrons. The molecular weight excluding hydrogens is 399 g/mol. The summed E-state index contributed by atoms with van der Waals surface area (Å²) in [5.41, 5.74) is 0.618. The van der Waals surface area contributed by atoms with Crippen molar-refractivity contribution in [3.05, 3.63) is 56.9 Å². The number of nitrogens with zero attached hydrogens (tertiary/aromatic N) is 2. The molecule has 0 unspecified atom stereocenters. The van der Waals surface area contributed by atoms with Crippen molar-refractivity contribution in [3.63, 3.8) is 0 Å². The molecule has 0 bridgehead atoms. The fourth-order valence-corrected chi connectivity index (χ4v) is 3.09. The van der Waals surface area contributed by atoms with E-state index in [-0.39, 0.29) is 10.1 Å². The third-order valence-corrected chi connectivity index (χ3v) is 4.67. The molecule has 0 atom stereocenters. The summed E-state index contributed by atoms with van der Waals surface area (Å²) in [7, 11) is 0. The van der Waals surface area contributed by atoms with E-state index in [2.05, 4.69) is 10.2 Å². The van der Waals surface area contributed by atoms with Gasteiger partial charge >= 0.3 is 5.97 Å². The monoisotopic (exact) mass is 410 g/mol. The van der Waals surface area contributed by atoms with E-state index in [1.165, 1.54) is 6.08 Å². The van der Waals surface area contributed by atoms with Crippen LogP contribution in [0.3, 0.4) is 0 Å². The van der Waals surface area contributed by atoms with Gasteiger partial charge in [-0.3, -0.25) is 0 Å². The molecule has 0 aliphatic carbocycles. The average molecular weight is 411 g/mol. The minimum atomic E-state index is -1.13. The highest BCUT2D eigenvalue weighted by Crippen LogP contribution is 2.33. The van der Waals surface area contributed by atoms with E-state index in [1.54, 1.807) is 30.3 Å². The lowest BCUT2D eigenvalue weighted by molar-refractivity contribution is -0.131. The number of aromatic nitrogens is 2. The SMILES string of the molecule is CCc1nnc(S/C(=C\c2ccc(-c3cc(Cl)ccc3Cl)o2)C(=O)O)o1. The first-order valence-corrected chi connectivity index (χ1v) is 9.04. The number of carbonyl (C=O) groups is 1. The zero-order valence-electron chi connectivity index (χ0n) is 13.4. The van der Waals surface area contributed by atoms with Crippen molar-refractivity contribution in [2.75, 3.05) is 0 Å². The van der Waals surface area contributed by atoms with E-state index < -0.39 is 5.97 Å². The summed E-state index contributed by atoms with van der Waals surface area (Å²) in [5, 5.41) is 18.2. The van der Waals surface area contributed by atoms with Crippen LogP contribution in [0.5, 0.6) is 0 Å². The van der Waals surface area contributed by atoms with E-state index in [0.29, 0.717) is 39.4 Å². The first-order chi connectivity index (χ1) is 12.5. The van der Waals surface area contributed by atoms with Crippen LogP contribution in [0, 0.1) is 0 Å². The summed E-state index contributed by atoms with van der Waals surface area (Å²) in [6.07, 6.45) is 1.95. The number of hydrogen-bond acceptors (Lipinski definition) is 6. The summed E-state index contributed by atoms with van der Waals surface area (Å²) in [5.74, 6) is 0.124. The molecule has 0 spiro atoms. The minimum Gasteiger partial charge on any atom is -0.477 e. The van der Waals surface area contributed by atoms with Gasteiger partial charge < -0.3 is 13.9 Å². The van der Waals surface area contributed by atoms with Crippen LogP contribution in [0.15, 0.2) is 49.3 Å². The van der Waals surface area contributed by atoms with Crippen LogP contribution in [0.1, 0.15) is 18.6 Å². The van der Waals surface area contributed by atoms with Crippen LogP contribution in [-0.4, -0.2) is 21.3 Å². The number of aryl methyl sites for hydroxylation is 1. The highest BCUT2D eigenvalue weighted by Gasteiger charge is 2.16. The maximum Gasteiger partial charge on any atom is 0.342 e. The van der Waals surface area contributed by atoms with Crippen LogP contribution in [0.2, 0.25) is 10.0 Å². The average Bonchev–Trinajstić information content (AvgIpc) is 3.25. The van der Waals surface area contributed by atoms with Crippen molar-refractivity contribution < 1.29 is 18.7 Å². The van der Waals surface area contributed by atoms with E-state index >= 15 is 0 Å². The van der Waals surface area contributed by atoms with Crippen molar-refractivity contribution >= 4 is 47.0 Å². The maximum absolute atomic E-state index is 11.5. The van der Waals surface area contributed by atoms with Crippen molar-refractivity contribution in [1.82, 2.24) is 10.2 Å². The summed E-state index contributed by atoms with van der Waals surface area (Å²) in [6, 6.07) is 8.34. The van der Waals surface area contributed by atoms with Crippen LogP contribution < -0.4 is 0 Å². The number of rotatable bonds is 6. The molecule has 2 aromatic heterocycles. The number of hydrogen-bond donors (Lipinski definition) is 1. The zero-order chi connectivity index (χ0) is 18.7. The van der Waals surface area contributed by atoms with Gasteiger partial charge in [0, 0.05) is 23.1 Å². The Balaban J connectivity index is 1.88. The first-order valence-electron chi connectivity index (χ1n) is 7.46. The van der Waals surface area contributed by atoms with Gasteiger partial charge in [0.15, 0.2) is 0 Å². The van der Waals surface area contributed by atoms with E-state index in [9.17, 15) is 9.90 Å². The molecule has 1 N–H and O–H groups in total. The topological polar surface area (TPSA) is 89.4 Å².